The Labute approximate surface area is 110 Å². The van der Waals surface area contributed by atoms with Crippen molar-refractivity contribution in [3.05, 3.63) is 29.8 Å². The standard InChI is InChI=1S/C15H24N2O/c1-3-13(4-2)15(18)17-11-5-6-12-7-9-14(16)10-8-12/h7-10,13H,3-6,11,16H2,1-2H3,(H,17,18). The molecule has 0 atom stereocenters. The van der Waals surface area contributed by atoms with Crippen molar-refractivity contribution >= 4 is 11.6 Å². The largest absolute Gasteiger partial charge is 0.399 e. The second kappa shape index (κ2) is 7.75. The van der Waals surface area contributed by atoms with Crippen LogP contribution < -0.4 is 11.1 Å². The molecule has 0 spiro atoms. The van der Waals surface area contributed by atoms with E-state index in [2.05, 4.69) is 19.2 Å². The summed E-state index contributed by atoms with van der Waals surface area (Å²) < 4.78 is 0. The molecule has 1 aromatic carbocycles. The number of benzene rings is 1. The SMILES string of the molecule is CCC(CC)C(=O)NCCCc1ccc(N)cc1. The van der Waals surface area contributed by atoms with Gasteiger partial charge in [-0.05, 0) is 43.4 Å². The molecule has 1 amide bonds. The van der Waals surface area contributed by atoms with E-state index in [0.717, 1.165) is 37.9 Å². The molecule has 0 heterocycles. The lowest BCUT2D eigenvalue weighted by molar-refractivity contribution is -0.125. The summed E-state index contributed by atoms with van der Waals surface area (Å²) in [6.07, 6.45) is 3.78. The number of aryl methyl sites for hydroxylation is 1. The van der Waals surface area contributed by atoms with E-state index in [0.29, 0.717) is 0 Å². The van der Waals surface area contributed by atoms with E-state index in [1.165, 1.54) is 5.56 Å². The Morgan fingerprint density at radius 2 is 1.83 bits per heavy atom. The van der Waals surface area contributed by atoms with Gasteiger partial charge in [0.25, 0.3) is 0 Å². The Morgan fingerprint density at radius 3 is 2.39 bits per heavy atom. The highest BCUT2D eigenvalue weighted by Gasteiger charge is 2.12. The summed E-state index contributed by atoms with van der Waals surface area (Å²) in [5.41, 5.74) is 7.69. The molecule has 100 valence electrons. The van der Waals surface area contributed by atoms with Crippen LogP contribution in [-0.2, 0) is 11.2 Å². The third kappa shape index (κ3) is 4.78. The fraction of sp³-hybridized carbons (Fsp3) is 0.533. The van der Waals surface area contributed by atoms with Crippen LogP contribution in [0.3, 0.4) is 0 Å². The molecule has 0 fully saturated rings. The molecule has 3 heteroatoms. The molecule has 1 aromatic rings. The van der Waals surface area contributed by atoms with Gasteiger partial charge in [-0.25, -0.2) is 0 Å². The molecule has 0 aromatic heterocycles. The molecule has 0 aliphatic carbocycles. The third-order valence-corrected chi connectivity index (χ3v) is 3.28. The molecule has 0 unspecified atom stereocenters. The van der Waals surface area contributed by atoms with E-state index in [-0.39, 0.29) is 11.8 Å². The maximum atomic E-state index is 11.7. The van der Waals surface area contributed by atoms with Crippen molar-refractivity contribution in [3.8, 4) is 0 Å². The minimum atomic E-state index is 0.168. The number of amides is 1. The molecule has 0 aliphatic rings. The van der Waals surface area contributed by atoms with E-state index in [4.69, 9.17) is 5.73 Å². The summed E-state index contributed by atoms with van der Waals surface area (Å²) in [6.45, 7) is 4.87. The maximum Gasteiger partial charge on any atom is 0.223 e. The highest BCUT2D eigenvalue weighted by Crippen LogP contribution is 2.08. The van der Waals surface area contributed by atoms with E-state index >= 15 is 0 Å². The van der Waals surface area contributed by atoms with Crippen molar-refractivity contribution in [2.75, 3.05) is 12.3 Å². The fourth-order valence-electron chi connectivity index (χ4n) is 1.99. The summed E-state index contributed by atoms with van der Waals surface area (Å²) in [4.78, 5) is 11.7. The molecular weight excluding hydrogens is 224 g/mol. The average Bonchev–Trinajstić information content (AvgIpc) is 2.38. The predicted molar refractivity (Wildman–Crippen MR) is 76.3 cm³/mol. The zero-order valence-corrected chi connectivity index (χ0v) is 11.4. The topological polar surface area (TPSA) is 55.1 Å². The second-order valence-corrected chi connectivity index (χ2v) is 4.65. The second-order valence-electron chi connectivity index (χ2n) is 4.65. The number of carbonyl (C=O) groups excluding carboxylic acids is 1. The summed E-state index contributed by atoms with van der Waals surface area (Å²) >= 11 is 0. The van der Waals surface area contributed by atoms with Gasteiger partial charge in [0.1, 0.15) is 0 Å². The zero-order chi connectivity index (χ0) is 13.4. The van der Waals surface area contributed by atoms with E-state index in [1.807, 2.05) is 24.3 Å². The molecule has 1 rings (SSSR count). The van der Waals surface area contributed by atoms with Crippen molar-refractivity contribution in [2.45, 2.75) is 39.5 Å². The molecule has 0 saturated heterocycles. The Morgan fingerprint density at radius 1 is 1.22 bits per heavy atom. The highest BCUT2D eigenvalue weighted by atomic mass is 16.1. The van der Waals surface area contributed by atoms with Gasteiger partial charge in [0.05, 0.1) is 0 Å². The minimum absolute atomic E-state index is 0.168. The number of rotatable bonds is 7. The number of anilines is 1. The van der Waals surface area contributed by atoms with Crippen molar-refractivity contribution < 1.29 is 4.79 Å². The third-order valence-electron chi connectivity index (χ3n) is 3.28. The smallest absolute Gasteiger partial charge is 0.223 e. The molecule has 3 nitrogen and oxygen atoms in total. The quantitative estimate of drug-likeness (QED) is 0.576. The van der Waals surface area contributed by atoms with E-state index in [9.17, 15) is 4.79 Å². The van der Waals surface area contributed by atoms with Gasteiger partial charge in [0.15, 0.2) is 0 Å². The molecule has 0 radical (unpaired) electrons. The minimum Gasteiger partial charge on any atom is -0.399 e. The van der Waals surface area contributed by atoms with Crippen molar-refractivity contribution in [2.24, 2.45) is 5.92 Å². The summed E-state index contributed by atoms with van der Waals surface area (Å²) in [5, 5.41) is 3.00. The van der Waals surface area contributed by atoms with Gasteiger partial charge >= 0.3 is 0 Å². The van der Waals surface area contributed by atoms with Crippen LogP contribution >= 0.6 is 0 Å². The first-order valence-electron chi connectivity index (χ1n) is 6.79. The normalized spacial score (nSPS) is 10.6. The van der Waals surface area contributed by atoms with Crippen molar-refractivity contribution in [1.82, 2.24) is 5.32 Å². The van der Waals surface area contributed by atoms with Crippen LogP contribution in [0.1, 0.15) is 38.7 Å². The van der Waals surface area contributed by atoms with Crippen LogP contribution in [0.15, 0.2) is 24.3 Å². The van der Waals surface area contributed by atoms with Gasteiger partial charge in [-0.1, -0.05) is 26.0 Å². The lowest BCUT2D eigenvalue weighted by atomic mass is 10.0. The molecular formula is C15H24N2O. The monoisotopic (exact) mass is 248 g/mol. The number of nitrogen functional groups attached to an aromatic ring is 1. The Bertz CT molecular complexity index is 355. The van der Waals surface area contributed by atoms with E-state index in [1.54, 1.807) is 0 Å². The number of nitrogens with two attached hydrogens (primary N) is 1. The zero-order valence-electron chi connectivity index (χ0n) is 11.4. The van der Waals surface area contributed by atoms with Crippen LogP contribution in [-0.4, -0.2) is 12.5 Å². The summed E-state index contributed by atoms with van der Waals surface area (Å²) in [6, 6.07) is 7.91. The average molecular weight is 248 g/mol. The van der Waals surface area contributed by atoms with Gasteiger partial charge in [0, 0.05) is 18.2 Å². The van der Waals surface area contributed by atoms with Crippen LogP contribution in [0.4, 0.5) is 5.69 Å². The molecule has 18 heavy (non-hydrogen) atoms. The van der Waals surface area contributed by atoms with Gasteiger partial charge in [-0.15, -0.1) is 0 Å². The van der Waals surface area contributed by atoms with E-state index < -0.39 is 0 Å². The summed E-state index contributed by atoms with van der Waals surface area (Å²) in [5.74, 6) is 0.360. The van der Waals surface area contributed by atoms with Gasteiger partial charge in [-0.2, -0.15) is 0 Å². The first kappa shape index (κ1) is 14.6. The molecule has 0 aliphatic heterocycles. The number of carbonyl (C=O) groups is 1. The van der Waals surface area contributed by atoms with Crippen LogP contribution in [0.25, 0.3) is 0 Å². The van der Waals surface area contributed by atoms with Crippen LogP contribution in [0.5, 0.6) is 0 Å². The Kier molecular flexibility index (Phi) is 6.26. The number of hydrogen-bond acceptors (Lipinski definition) is 2. The maximum absolute atomic E-state index is 11.7. The number of hydrogen-bond donors (Lipinski definition) is 2. The lowest BCUT2D eigenvalue weighted by Gasteiger charge is -2.12. The fourth-order valence-corrected chi connectivity index (χ4v) is 1.99. The molecule has 0 saturated carbocycles. The lowest BCUT2D eigenvalue weighted by Crippen LogP contribution is -2.31. The van der Waals surface area contributed by atoms with Gasteiger partial charge in [0.2, 0.25) is 5.91 Å². The van der Waals surface area contributed by atoms with Crippen molar-refractivity contribution in [1.29, 1.82) is 0 Å². The van der Waals surface area contributed by atoms with Crippen LogP contribution in [0, 0.1) is 5.92 Å². The summed E-state index contributed by atoms with van der Waals surface area (Å²) in [7, 11) is 0. The molecule has 3 N–H and O–H groups in total. The van der Waals surface area contributed by atoms with Crippen molar-refractivity contribution in [3.63, 3.8) is 0 Å². The van der Waals surface area contributed by atoms with Gasteiger partial charge in [-0.3, -0.25) is 4.79 Å². The van der Waals surface area contributed by atoms with Crippen LogP contribution in [0.2, 0.25) is 0 Å². The number of nitrogens with one attached hydrogen (secondary N) is 1. The Hall–Kier alpha value is -1.51. The Balaban J connectivity index is 2.22. The molecule has 0 bridgehead atoms. The highest BCUT2D eigenvalue weighted by molar-refractivity contribution is 5.78. The predicted octanol–water partition coefficient (Wildman–Crippen LogP) is 2.75. The first-order chi connectivity index (χ1) is 8.67. The first-order valence-corrected chi connectivity index (χ1v) is 6.79. The van der Waals surface area contributed by atoms with Gasteiger partial charge < -0.3 is 11.1 Å².